The number of esters is 1. The smallest absolute Gasteiger partial charge is 0.339 e. The van der Waals surface area contributed by atoms with Gasteiger partial charge in [-0.15, -0.1) is 0 Å². The fraction of sp³-hybridized carbons (Fsp3) is 0.450. The average molecular weight is 361 g/mol. The van der Waals surface area contributed by atoms with Crippen molar-refractivity contribution >= 4 is 17.3 Å². The largest absolute Gasteiger partial charge is 0.459 e. The van der Waals surface area contributed by atoms with Crippen molar-refractivity contribution in [1.29, 1.82) is 0 Å². The van der Waals surface area contributed by atoms with Gasteiger partial charge < -0.3 is 9.64 Å². The predicted octanol–water partition coefficient (Wildman–Crippen LogP) is 4.91. The third-order valence-corrected chi connectivity index (χ3v) is 5.63. The first kappa shape index (κ1) is 18.1. The Morgan fingerprint density at radius 1 is 1.24 bits per heavy atom. The van der Waals surface area contributed by atoms with Gasteiger partial charge in [-0.25, -0.2) is 9.18 Å². The van der Waals surface area contributed by atoms with Crippen molar-refractivity contribution in [3.63, 3.8) is 0 Å². The molecule has 0 radical (unpaired) electrons. The highest BCUT2D eigenvalue weighted by atomic mass is 32.1. The van der Waals surface area contributed by atoms with Crippen LogP contribution in [0.2, 0.25) is 0 Å². The van der Waals surface area contributed by atoms with E-state index in [1.54, 1.807) is 18.2 Å². The normalized spacial score (nSPS) is 21.9. The molecule has 0 bridgehead atoms. The Morgan fingerprint density at radius 3 is 2.60 bits per heavy atom. The minimum absolute atomic E-state index is 0.0148. The summed E-state index contributed by atoms with van der Waals surface area (Å²) in [6.07, 6.45) is 3.65. The molecular formula is C20H24FNO2S. The monoisotopic (exact) mass is 361 g/mol. The van der Waals surface area contributed by atoms with Gasteiger partial charge in [0.2, 0.25) is 0 Å². The van der Waals surface area contributed by atoms with Crippen LogP contribution in [-0.2, 0) is 4.74 Å². The van der Waals surface area contributed by atoms with Crippen LogP contribution in [0, 0.1) is 11.7 Å². The minimum Gasteiger partial charge on any atom is -0.459 e. The van der Waals surface area contributed by atoms with Gasteiger partial charge in [0, 0.05) is 11.4 Å². The van der Waals surface area contributed by atoms with Gasteiger partial charge in [-0.05, 0) is 74.8 Å². The number of carbonyl (C=O) groups excluding carboxylic acids is 1. The second-order valence-corrected chi connectivity index (χ2v) is 7.70. The topological polar surface area (TPSA) is 29.5 Å². The summed E-state index contributed by atoms with van der Waals surface area (Å²) in [6, 6.07) is 8.87. The first-order valence-corrected chi connectivity index (χ1v) is 9.64. The van der Waals surface area contributed by atoms with Crippen LogP contribution >= 0.6 is 11.3 Å². The molecule has 1 heterocycles. The van der Waals surface area contributed by atoms with Crippen LogP contribution < -0.4 is 0 Å². The lowest BCUT2D eigenvalue weighted by Crippen LogP contribution is -2.33. The summed E-state index contributed by atoms with van der Waals surface area (Å²) in [7, 11) is 4.08. The van der Waals surface area contributed by atoms with Crippen molar-refractivity contribution < 1.29 is 13.9 Å². The van der Waals surface area contributed by atoms with E-state index in [2.05, 4.69) is 4.90 Å². The molecule has 1 aliphatic rings. The Balaban J connectivity index is 1.61. The van der Waals surface area contributed by atoms with Gasteiger partial charge in [-0.1, -0.05) is 12.1 Å². The maximum atomic E-state index is 13.6. The van der Waals surface area contributed by atoms with Crippen LogP contribution in [0.25, 0.3) is 0 Å². The Morgan fingerprint density at radius 2 is 2.00 bits per heavy atom. The summed E-state index contributed by atoms with van der Waals surface area (Å²) in [5.41, 5.74) is 1.65. The van der Waals surface area contributed by atoms with Crippen LogP contribution in [0.1, 0.15) is 47.6 Å². The van der Waals surface area contributed by atoms with E-state index in [4.69, 9.17) is 4.74 Å². The molecule has 1 aliphatic carbocycles. The molecule has 1 aromatic carbocycles. The number of thiophene rings is 1. The lowest BCUT2D eigenvalue weighted by molar-refractivity contribution is 0.0112. The highest BCUT2D eigenvalue weighted by Crippen LogP contribution is 2.38. The van der Waals surface area contributed by atoms with Gasteiger partial charge in [0.15, 0.2) is 0 Å². The third-order valence-electron chi connectivity index (χ3n) is 4.94. The third kappa shape index (κ3) is 4.47. The molecule has 1 saturated carbocycles. The lowest BCUT2D eigenvalue weighted by atomic mass is 9.79. The number of benzene rings is 1. The summed E-state index contributed by atoms with van der Waals surface area (Å²) in [5, 5.41) is 3.70. The molecule has 0 N–H and O–H groups in total. The standard InChI is InChI=1S/C20H24FNO2S/c1-22(2)19(15-4-3-5-17(21)12-15)14-6-8-18(9-7-14)24-20(23)16-10-11-25-13-16/h3-5,10-14,18-19H,6-9H2,1-2H3. The molecule has 25 heavy (non-hydrogen) atoms. The summed E-state index contributed by atoms with van der Waals surface area (Å²) < 4.78 is 19.3. The summed E-state index contributed by atoms with van der Waals surface area (Å²) in [5.74, 6) is 0.0228. The SMILES string of the molecule is CN(C)C(c1cccc(F)c1)C1CCC(OC(=O)c2ccsc2)CC1. The molecule has 3 nitrogen and oxygen atoms in total. The van der Waals surface area contributed by atoms with Crippen molar-refractivity contribution in [1.82, 2.24) is 4.90 Å². The molecule has 1 unspecified atom stereocenters. The molecule has 134 valence electrons. The Hall–Kier alpha value is -1.72. The fourth-order valence-corrected chi connectivity index (χ4v) is 4.43. The number of halogens is 1. The molecule has 0 amide bonds. The zero-order valence-corrected chi connectivity index (χ0v) is 15.5. The van der Waals surface area contributed by atoms with Gasteiger partial charge in [-0.3, -0.25) is 0 Å². The van der Waals surface area contributed by atoms with Gasteiger partial charge in [0.1, 0.15) is 11.9 Å². The van der Waals surface area contributed by atoms with Crippen LogP contribution in [-0.4, -0.2) is 31.1 Å². The van der Waals surface area contributed by atoms with E-state index in [1.165, 1.54) is 17.4 Å². The molecule has 1 atom stereocenters. The van der Waals surface area contributed by atoms with E-state index in [0.29, 0.717) is 11.5 Å². The number of carbonyl (C=O) groups is 1. The number of rotatable bonds is 5. The van der Waals surface area contributed by atoms with Crippen LogP contribution in [0.5, 0.6) is 0 Å². The molecule has 1 fully saturated rings. The molecule has 2 aromatic rings. The summed E-state index contributed by atoms with van der Waals surface area (Å²) in [4.78, 5) is 14.3. The second kappa shape index (κ2) is 8.11. The van der Waals surface area contributed by atoms with Gasteiger partial charge in [-0.2, -0.15) is 11.3 Å². The van der Waals surface area contributed by atoms with E-state index in [1.807, 2.05) is 30.9 Å². The summed E-state index contributed by atoms with van der Waals surface area (Å²) >= 11 is 1.50. The predicted molar refractivity (Wildman–Crippen MR) is 98.3 cm³/mol. The zero-order chi connectivity index (χ0) is 17.8. The molecule has 0 spiro atoms. The minimum atomic E-state index is -0.223. The zero-order valence-electron chi connectivity index (χ0n) is 14.7. The molecule has 3 rings (SSSR count). The van der Waals surface area contributed by atoms with Crippen molar-refractivity contribution in [3.8, 4) is 0 Å². The van der Waals surface area contributed by atoms with E-state index >= 15 is 0 Å². The highest BCUT2D eigenvalue weighted by Gasteiger charge is 2.31. The molecular weight excluding hydrogens is 337 g/mol. The quantitative estimate of drug-likeness (QED) is 0.709. The Kier molecular flexibility index (Phi) is 5.86. The number of ether oxygens (including phenoxy) is 1. The first-order valence-electron chi connectivity index (χ1n) is 8.69. The molecule has 0 saturated heterocycles. The highest BCUT2D eigenvalue weighted by molar-refractivity contribution is 7.08. The molecule has 1 aromatic heterocycles. The van der Waals surface area contributed by atoms with Crippen molar-refractivity contribution in [2.75, 3.05) is 14.1 Å². The number of nitrogens with zero attached hydrogens (tertiary/aromatic N) is 1. The van der Waals surface area contributed by atoms with E-state index in [0.717, 1.165) is 31.2 Å². The van der Waals surface area contributed by atoms with E-state index < -0.39 is 0 Å². The van der Waals surface area contributed by atoms with Gasteiger partial charge >= 0.3 is 5.97 Å². The van der Waals surface area contributed by atoms with Crippen LogP contribution in [0.15, 0.2) is 41.1 Å². The van der Waals surface area contributed by atoms with Crippen molar-refractivity contribution in [3.05, 3.63) is 58.0 Å². The van der Waals surface area contributed by atoms with Crippen molar-refractivity contribution in [2.24, 2.45) is 5.92 Å². The lowest BCUT2D eigenvalue weighted by Gasteiger charge is -2.37. The molecule has 5 heteroatoms. The van der Waals surface area contributed by atoms with Crippen LogP contribution in [0.3, 0.4) is 0 Å². The van der Waals surface area contributed by atoms with Crippen molar-refractivity contribution in [2.45, 2.75) is 37.8 Å². The first-order chi connectivity index (χ1) is 12.0. The Labute approximate surface area is 152 Å². The van der Waals surface area contributed by atoms with Crippen LogP contribution in [0.4, 0.5) is 4.39 Å². The average Bonchev–Trinajstić information content (AvgIpc) is 3.11. The number of hydrogen-bond donors (Lipinski definition) is 0. The maximum Gasteiger partial charge on any atom is 0.339 e. The maximum absolute atomic E-state index is 13.6. The summed E-state index contributed by atoms with van der Waals surface area (Å²) in [6.45, 7) is 0. The fourth-order valence-electron chi connectivity index (χ4n) is 3.80. The van der Waals surface area contributed by atoms with E-state index in [-0.39, 0.29) is 23.9 Å². The second-order valence-electron chi connectivity index (χ2n) is 6.92. The Bertz CT molecular complexity index is 693. The van der Waals surface area contributed by atoms with Gasteiger partial charge in [0.25, 0.3) is 0 Å². The van der Waals surface area contributed by atoms with Gasteiger partial charge in [0.05, 0.1) is 5.56 Å². The number of hydrogen-bond acceptors (Lipinski definition) is 4. The molecule has 0 aliphatic heterocycles. The van der Waals surface area contributed by atoms with E-state index in [9.17, 15) is 9.18 Å².